The number of nitrogens with zero attached hydrogens (tertiary/aromatic N) is 1. The first-order valence-corrected chi connectivity index (χ1v) is 9.32. The second-order valence-electron chi connectivity index (χ2n) is 5.58. The van der Waals surface area contributed by atoms with E-state index in [0.717, 1.165) is 0 Å². The number of anilines is 1. The molecular weight excluding hydrogens is 330 g/mol. The van der Waals surface area contributed by atoms with Crippen LogP contribution in [-0.4, -0.2) is 57.5 Å². The van der Waals surface area contributed by atoms with Crippen LogP contribution >= 0.6 is 0 Å². The quantitative estimate of drug-likeness (QED) is 0.663. The number of hydrogen-bond acceptors (Lipinski definition) is 4. The molecule has 132 valence electrons. The Hall–Kier alpha value is -1.74. The Morgan fingerprint density at radius 1 is 1.46 bits per heavy atom. The minimum atomic E-state index is -3.57. The summed E-state index contributed by atoms with van der Waals surface area (Å²) in [5.41, 5.74) is 0.466. The van der Waals surface area contributed by atoms with E-state index in [4.69, 9.17) is 4.74 Å². The molecule has 1 heterocycles. The van der Waals surface area contributed by atoms with Gasteiger partial charge in [0.2, 0.25) is 10.0 Å². The third-order valence-electron chi connectivity index (χ3n) is 3.78. The van der Waals surface area contributed by atoms with Crippen molar-refractivity contribution in [1.82, 2.24) is 4.31 Å². The molecule has 0 aromatic heterocycles. The Labute approximate surface area is 142 Å². The van der Waals surface area contributed by atoms with Gasteiger partial charge in [-0.15, -0.1) is 0 Å². The SMILES string of the molecule is C=CC[NH2+][C@@H](C)C(=O)Nc1cccc(S(=O)(=O)N2CCOCC2)c1. The fourth-order valence-corrected chi connectivity index (χ4v) is 3.79. The Kier molecular flexibility index (Phi) is 6.50. The number of ether oxygens (including phenoxy) is 1. The first-order chi connectivity index (χ1) is 11.4. The first-order valence-electron chi connectivity index (χ1n) is 7.88. The van der Waals surface area contributed by atoms with Crippen LogP contribution in [0.5, 0.6) is 0 Å². The second-order valence-corrected chi connectivity index (χ2v) is 7.52. The number of nitrogens with two attached hydrogens (primary N) is 1. The summed E-state index contributed by atoms with van der Waals surface area (Å²) >= 11 is 0. The molecule has 0 saturated carbocycles. The average molecular weight is 354 g/mol. The van der Waals surface area contributed by atoms with E-state index in [1.54, 1.807) is 25.1 Å². The van der Waals surface area contributed by atoms with Crippen LogP contribution in [0.4, 0.5) is 5.69 Å². The molecule has 2 rings (SSSR count). The monoisotopic (exact) mass is 354 g/mol. The van der Waals surface area contributed by atoms with Gasteiger partial charge in [-0.1, -0.05) is 12.6 Å². The van der Waals surface area contributed by atoms with Gasteiger partial charge in [0.15, 0.2) is 6.04 Å². The van der Waals surface area contributed by atoms with E-state index in [1.807, 2.05) is 5.32 Å². The van der Waals surface area contributed by atoms with E-state index in [9.17, 15) is 13.2 Å². The predicted molar refractivity (Wildman–Crippen MR) is 91.1 cm³/mol. The fraction of sp³-hybridized carbons (Fsp3) is 0.438. The highest BCUT2D eigenvalue weighted by Crippen LogP contribution is 2.20. The summed E-state index contributed by atoms with van der Waals surface area (Å²) in [4.78, 5) is 12.3. The van der Waals surface area contributed by atoms with Gasteiger partial charge in [0.25, 0.3) is 5.91 Å². The number of nitrogens with one attached hydrogen (secondary N) is 1. The van der Waals surface area contributed by atoms with Crippen molar-refractivity contribution in [2.24, 2.45) is 0 Å². The van der Waals surface area contributed by atoms with Crippen LogP contribution in [-0.2, 0) is 19.6 Å². The highest BCUT2D eigenvalue weighted by Gasteiger charge is 2.26. The summed E-state index contributed by atoms with van der Waals surface area (Å²) < 4.78 is 31.9. The second kappa shape index (κ2) is 8.39. The zero-order valence-electron chi connectivity index (χ0n) is 13.8. The van der Waals surface area contributed by atoms with Crippen LogP contribution in [0.15, 0.2) is 41.8 Å². The van der Waals surface area contributed by atoms with Gasteiger partial charge in [-0.25, -0.2) is 8.42 Å². The van der Waals surface area contributed by atoms with E-state index < -0.39 is 10.0 Å². The molecule has 0 unspecified atom stereocenters. The lowest BCUT2D eigenvalue weighted by Crippen LogP contribution is -2.91. The van der Waals surface area contributed by atoms with Gasteiger partial charge in [0.1, 0.15) is 0 Å². The summed E-state index contributed by atoms with van der Waals surface area (Å²) in [5, 5.41) is 4.60. The van der Waals surface area contributed by atoms with Crippen LogP contribution in [0.3, 0.4) is 0 Å². The van der Waals surface area contributed by atoms with E-state index in [2.05, 4.69) is 11.9 Å². The van der Waals surface area contributed by atoms with Crippen molar-refractivity contribution in [1.29, 1.82) is 0 Å². The minimum Gasteiger partial charge on any atom is -0.379 e. The standard InChI is InChI=1S/C16H23N3O4S/c1-3-7-17-13(2)16(20)18-14-5-4-6-15(12-14)24(21,22)19-8-10-23-11-9-19/h3-6,12-13,17H,1,7-11H2,2H3,(H,18,20)/p+1/t13-/m0/s1. The van der Waals surface area contributed by atoms with Gasteiger partial charge in [-0.2, -0.15) is 4.31 Å². The number of quaternary nitrogens is 1. The van der Waals surface area contributed by atoms with Crippen molar-refractivity contribution < 1.29 is 23.3 Å². The Bertz CT molecular complexity index is 684. The third-order valence-corrected chi connectivity index (χ3v) is 5.67. The van der Waals surface area contributed by atoms with Crippen molar-refractivity contribution in [3.8, 4) is 0 Å². The van der Waals surface area contributed by atoms with Gasteiger partial charge < -0.3 is 15.4 Å². The Morgan fingerprint density at radius 3 is 2.83 bits per heavy atom. The maximum absolute atomic E-state index is 12.6. The molecule has 1 aliphatic rings. The van der Waals surface area contributed by atoms with Gasteiger partial charge in [0, 0.05) is 18.8 Å². The fourth-order valence-electron chi connectivity index (χ4n) is 2.33. The predicted octanol–water partition coefficient (Wildman–Crippen LogP) is -0.216. The van der Waals surface area contributed by atoms with Crippen LogP contribution in [0.2, 0.25) is 0 Å². The summed E-state index contributed by atoms with van der Waals surface area (Å²) in [6, 6.07) is 6.04. The highest BCUT2D eigenvalue weighted by molar-refractivity contribution is 7.89. The number of sulfonamides is 1. The first kappa shape index (κ1) is 18.6. The Balaban J connectivity index is 2.10. The molecule has 1 fully saturated rings. The van der Waals surface area contributed by atoms with Crippen LogP contribution in [0.1, 0.15) is 6.92 Å². The van der Waals surface area contributed by atoms with Gasteiger partial charge in [-0.05, 0) is 31.2 Å². The van der Waals surface area contributed by atoms with E-state index in [1.165, 1.54) is 16.4 Å². The number of amides is 1. The lowest BCUT2D eigenvalue weighted by atomic mass is 10.2. The van der Waals surface area contributed by atoms with Crippen molar-refractivity contribution in [2.75, 3.05) is 38.2 Å². The molecule has 0 radical (unpaired) electrons. The van der Waals surface area contributed by atoms with Crippen molar-refractivity contribution in [3.05, 3.63) is 36.9 Å². The van der Waals surface area contributed by atoms with Gasteiger partial charge >= 0.3 is 0 Å². The minimum absolute atomic E-state index is 0.171. The number of carbonyl (C=O) groups excluding carboxylic acids is 1. The molecule has 1 amide bonds. The molecular formula is C16H24N3O4S+. The van der Waals surface area contributed by atoms with E-state index in [0.29, 0.717) is 38.5 Å². The summed E-state index contributed by atoms with van der Waals surface area (Å²) in [5.74, 6) is -0.183. The number of benzene rings is 1. The van der Waals surface area contributed by atoms with Gasteiger partial charge in [0.05, 0.1) is 24.7 Å². The maximum Gasteiger partial charge on any atom is 0.282 e. The summed E-state index contributed by atoms with van der Waals surface area (Å²) in [7, 11) is -3.57. The smallest absolute Gasteiger partial charge is 0.282 e. The largest absolute Gasteiger partial charge is 0.379 e. The molecule has 1 saturated heterocycles. The maximum atomic E-state index is 12.6. The van der Waals surface area contributed by atoms with E-state index >= 15 is 0 Å². The number of morpholine rings is 1. The highest BCUT2D eigenvalue weighted by atomic mass is 32.2. The van der Waals surface area contributed by atoms with Crippen LogP contribution < -0.4 is 10.6 Å². The molecule has 1 aromatic carbocycles. The van der Waals surface area contributed by atoms with E-state index in [-0.39, 0.29) is 16.8 Å². The zero-order chi connectivity index (χ0) is 17.6. The molecule has 8 heteroatoms. The zero-order valence-corrected chi connectivity index (χ0v) is 14.6. The summed E-state index contributed by atoms with van der Waals surface area (Å²) in [6.07, 6.45) is 1.72. The number of hydrogen-bond donors (Lipinski definition) is 2. The normalized spacial score (nSPS) is 17.2. The van der Waals surface area contributed by atoms with Gasteiger partial charge in [-0.3, -0.25) is 4.79 Å². The average Bonchev–Trinajstić information content (AvgIpc) is 2.60. The van der Waals surface area contributed by atoms with Crippen LogP contribution in [0.25, 0.3) is 0 Å². The van der Waals surface area contributed by atoms with Crippen molar-refractivity contribution in [2.45, 2.75) is 17.9 Å². The topological polar surface area (TPSA) is 92.3 Å². The molecule has 3 N–H and O–H groups in total. The molecule has 7 nitrogen and oxygen atoms in total. The number of carbonyl (C=O) groups is 1. The summed E-state index contributed by atoms with van der Waals surface area (Å²) in [6.45, 7) is 7.51. The lowest BCUT2D eigenvalue weighted by molar-refractivity contribution is -0.664. The van der Waals surface area contributed by atoms with Crippen molar-refractivity contribution >= 4 is 21.6 Å². The van der Waals surface area contributed by atoms with Crippen LogP contribution in [0, 0.1) is 0 Å². The number of rotatable bonds is 7. The molecule has 1 aromatic rings. The van der Waals surface area contributed by atoms with Crippen molar-refractivity contribution in [3.63, 3.8) is 0 Å². The molecule has 0 aliphatic carbocycles. The lowest BCUT2D eigenvalue weighted by Gasteiger charge is -2.26. The Morgan fingerprint density at radius 2 is 2.17 bits per heavy atom. The third kappa shape index (κ3) is 4.64. The molecule has 1 aliphatic heterocycles. The molecule has 0 spiro atoms. The molecule has 1 atom stereocenters. The molecule has 0 bridgehead atoms. The molecule has 24 heavy (non-hydrogen) atoms.